The van der Waals surface area contributed by atoms with Crippen molar-refractivity contribution < 1.29 is 4.84 Å². The summed E-state index contributed by atoms with van der Waals surface area (Å²) in [5.41, 5.74) is 1.23. The minimum atomic E-state index is 0.624. The Balaban J connectivity index is 2.25. The van der Waals surface area contributed by atoms with Crippen LogP contribution in [0.2, 0.25) is 0 Å². The van der Waals surface area contributed by atoms with E-state index < -0.39 is 0 Å². The first-order chi connectivity index (χ1) is 6.43. The van der Waals surface area contributed by atoms with Crippen molar-refractivity contribution in [2.24, 2.45) is 5.90 Å². The van der Waals surface area contributed by atoms with Gasteiger partial charge in [0.1, 0.15) is 0 Å². The lowest BCUT2D eigenvalue weighted by Crippen LogP contribution is -1.99. The summed E-state index contributed by atoms with van der Waals surface area (Å²) in [6.45, 7) is 0.624. The highest BCUT2D eigenvalue weighted by atomic mass is 16.6. The van der Waals surface area contributed by atoms with Gasteiger partial charge in [0.15, 0.2) is 0 Å². The Morgan fingerprint density at radius 1 is 1.23 bits per heavy atom. The topological polar surface area (TPSA) is 35.2 Å². The monoisotopic (exact) mass is 177 g/mol. The minimum absolute atomic E-state index is 0.624. The molecule has 2 nitrogen and oxygen atoms in total. The van der Waals surface area contributed by atoms with Crippen molar-refractivity contribution in [2.75, 3.05) is 6.61 Å². The highest BCUT2D eigenvalue weighted by molar-refractivity contribution is 5.48. The maximum absolute atomic E-state index is 4.90. The molecule has 0 amide bonds. The predicted molar refractivity (Wildman–Crippen MR) is 54.8 cm³/mol. The van der Waals surface area contributed by atoms with Crippen LogP contribution in [0, 0.1) is 0 Å². The van der Waals surface area contributed by atoms with Gasteiger partial charge in [0.25, 0.3) is 0 Å². The van der Waals surface area contributed by atoms with Gasteiger partial charge in [0.2, 0.25) is 0 Å². The molecule has 0 heterocycles. The van der Waals surface area contributed by atoms with E-state index in [1.807, 2.05) is 18.2 Å². The zero-order valence-electron chi connectivity index (χ0n) is 7.65. The smallest absolute Gasteiger partial charge is 0.0682 e. The molecular weight excluding hydrogens is 162 g/mol. The number of hydrogen-bond donors (Lipinski definition) is 1. The van der Waals surface area contributed by atoms with E-state index in [1.165, 1.54) is 5.56 Å². The van der Waals surface area contributed by atoms with Crippen LogP contribution < -0.4 is 5.90 Å². The fourth-order valence-corrected chi connectivity index (χ4v) is 1.07. The van der Waals surface area contributed by atoms with E-state index in [4.69, 9.17) is 5.90 Å². The molecule has 0 bridgehead atoms. The van der Waals surface area contributed by atoms with Crippen LogP contribution >= 0.6 is 0 Å². The molecule has 0 unspecified atom stereocenters. The Labute approximate surface area is 79.0 Å². The van der Waals surface area contributed by atoms with Gasteiger partial charge in [-0.2, -0.15) is 0 Å². The molecule has 0 aliphatic heterocycles. The van der Waals surface area contributed by atoms with Crippen LogP contribution in [-0.2, 0) is 4.84 Å². The van der Waals surface area contributed by atoms with Gasteiger partial charge in [0, 0.05) is 0 Å². The summed E-state index contributed by atoms with van der Waals surface area (Å²) in [5.74, 6) is 4.90. The average Bonchev–Trinajstić information content (AvgIpc) is 2.19. The highest BCUT2D eigenvalue weighted by Gasteiger charge is 1.83. The minimum Gasteiger partial charge on any atom is -0.305 e. The van der Waals surface area contributed by atoms with Gasteiger partial charge >= 0.3 is 0 Å². The number of allylic oxidation sites excluding steroid dienone is 1. The molecule has 1 aromatic rings. The predicted octanol–water partition coefficient (Wildman–Crippen LogP) is 2.37. The van der Waals surface area contributed by atoms with Gasteiger partial charge in [-0.25, -0.2) is 5.90 Å². The van der Waals surface area contributed by atoms with Crippen LogP contribution in [0.1, 0.15) is 18.4 Å². The van der Waals surface area contributed by atoms with Crippen molar-refractivity contribution in [1.29, 1.82) is 0 Å². The first kappa shape index (κ1) is 9.96. The van der Waals surface area contributed by atoms with Crippen molar-refractivity contribution in [2.45, 2.75) is 12.8 Å². The van der Waals surface area contributed by atoms with Crippen LogP contribution in [0.5, 0.6) is 0 Å². The Hall–Kier alpha value is -1.12. The third-order valence-electron chi connectivity index (χ3n) is 1.74. The third-order valence-corrected chi connectivity index (χ3v) is 1.74. The standard InChI is InChI=1S/C11H15NO/c12-13-10-6-2-5-9-11-7-3-1-4-8-11/h1,3-5,7-9H,2,6,10,12H2/b9-5+. The lowest BCUT2D eigenvalue weighted by molar-refractivity contribution is 0.136. The van der Waals surface area contributed by atoms with E-state index in [0.29, 0.717) is 6.61 Å². The summed E-state index contributed by atoms with van der Waals surface area (Å²) in [6.07, 6.45) is 6.22. The average molecular weight is 177 g/mol. The highest BCUT2D eigenvalue weighted by Crippen LogP contribution is 2.02. The Morgan fingerprint density at radius 3 is 2.69 bits per heavy atom. The molecule has 0 aliphatic carbocycles. The van der Waals surface area contributed by atoms with Gasteiger partial charge < -0.3 is 4.84 Å². The van der Waals surface area contributed by atoms with Crippen molar-refractivity contribution in [3.63, 3.8) is 0 Å². The fourth-order valence-electron chi connectivity index (χ4n) is 1.07. The second-order valence-electron chi connectivity index (χ2n) is 2.83. The number of rotatable bonds is 5. The second-order valence-corrected chi connectivity index (χ2v) is 2.83. The zero-order valence-corrected chi connectivity index (χ0v) is 7.65. The van der Waals surface area contributed by atoms with Gasteiger partial charge in [0.05, 0.1) is 6.61 Å². The molecule has 0 aliphatic rings. The molecule has 0 saturated heterocycles. The number of benzene rings is 1. The number of nitrogens with two attached hydrogens (primary N) is 1. The summed E-state index contributed by atoms with van der Waals surface area (Å²) in [5, 5.41) is 0. The Bertz CT molecular complexity index is 244. The SMILES string of the molecule is NOCCC/C=C/c1ccccc1. The van der Waals surface area contributed by atoms with E-state index in [-0.39, 0.29) is 0 Å². The third kappa shape index (κ3) is 4.45. The molecule has 0 saturated carbocycles. The van der Waals surface area contributed by atoms with Crippen molar-refractivity contribution >= 4 is 6.08 Å². The van der Waals surface area contributed by atoms with Crippen LogP contribution in [-0.4, -0.2) is 6.61 Å². The number of hydrogen-bond acceptors (Lipinski definition) is 2. The molecule has 0 spiro atoms. The molecule has 0 atom stereocenters. The first-order valence-electron chi connectivity index (χ1n) is 4.47. The Kier molecular flexibility index (Phi) is 4.91. The van der Waals surface area contributed by atoms with E-state index in [0.717, 1.165) is 12.8 Å². The summed E-state index contributed by atoms with van der Waals surface area (Å²) >= 11 is 0. The molecular formula is C11H15NO. The molecule has 2 N–H and O–H groups in total. The summed E-state index contributed by atoms with van der Waals surface area (Å²) in [6, 6.07) is 10.2. The van der Waals surface area contributed by atoms with Gasteiger partial charge in [-0.1, -0.05) is 42.5 Å². The number of unbranched alkanes of at least 4 members (excludes halogenated alkanes) is 1. The molecule has 70 valence electrons. The van der Waals surface area contributed by atoms with Crippen LogP contribution in [0.15, 0.2) is 36.4 Å². The summed E-state index contributed by atoms with van der Waals surface area (Å²) in [4.78, 5) is 4.46. The van der Waals surface area contributed by atoms with Crippen LogP contribution in [0.4, 0.5) is 0 Å². The van der Waals surface area contributed by atoms with E-state index in [1.54, 1.807) is 0 Å². The lowest BCUT2D eigenvalue weighted by atomic mass is 10.2. The molecule has 0 aromatic heterocycles. The Morgan fingerprint density at radius 2 is 2.00 bits per heavy atom. The quantitative estimate of drug-likeness (QED) is 0.553. The lowest BCUT2D eigenvalue weighted by Gasteiger charge is -1.93. The summed E-state index contributed by atoms with van der Waals surface area (Å²) < 4.78 is 0. The normalized spacial score (nSPS) is 10.8. The van der Waals surface area contributed by atoms with Crippen molar-refractivity contribution in [1.82, 2.24) is 0 Å². The van der Waals surface area contributed by atoms with Gasteiger partial charge in [-0.3, -0.25) is 0 Å². The molecule has 2 heteroatoms. The first-order valence-corrected chi connectivity index (χ1v) is 4.47. The van der Waals surface area contributed by atoms with Crippen molar-refractivity contribution in [3.05, 3.63) is 42.0 Å². The molecule has 1 aromatic carbocycles. The fraction of sp³-hybridized carbons (Fsp3) is 0.273. The van der Waals surface area contributed by atoms with Crippen molar-refractivity contribution in [3.8, 4) is 0 Å². The van der Waals surface area contributed by atoms with Crippen LogP contribution in [0.25, 0.3) is 6.08 Å². The largest absolute Gasteiger partial charge is 0.305 e. The van der Waals surface area contributed by atoms with Gasteiger partial charge in [-0.15, -0.1) is 0 Å². The summed E-state index contributed by atoms with van der Waals surface area (Å²) in [7, 11) is 0. The van der Waals surface area contributed by atoms with E-state index in [9.17, 15) is 0 Å². The van der Waals surface area contributed by atoms with E-state index >= 15 is 0 Å². The van der Waals surface area contributed by atoms with Crippen LogP contribution in [0.3, 0.4) is 0 Å². The maximum atomic E-state index is 4.90. The zero-order chi connectivity index (χ0) is 9.36. The van der Waals surface area contributed by atoms with Gasteiger partial charge in [-0.05, 0) is 18.4 Å². The molecule has 0 fully saturated rings. The van der Waals surface area contributed by atoms with E-state index in [2.05, 4.69) is 29.1 Å². The maximum Gasteiger partial charge on any atom is 0.0682 e. The molecule has 0 radical (unpaired) electrons. The molecule has 13 heavy (non-hydrogen) atoms. The molecule has 1 rings (SSSR count). The second kappa shape index (κ2) is 6.40.